The van der Waals surface area contributed by atoms with Gasteiger partial charge in [0.2, 0.25) is 0 Å². The van der Waals surface area contributed by atoms with Gasteiger partial charge in [-0.3, -0.25) is 14.5 Å². The molecule has 0 aromatic heterocycles. The van der Waals surface area contributed by atoms with Crippen molar-refractivity contribution < 1.29 is 27.9 Å². The summed E-state index contributed by atoms with van der Waals surface area (Å²) in [5.41, 5.74) is 0.613. The van der Waals surface area contributed by atoms with Crippen LogP contribution in [0.3, 0.4) is 0 Å². The molecule has 6 nitrogen and oxygen atoms in total. The Balaban J connectivity index is 1.76. The average molecular weight is 386 g/mol. The zero-order chi connectivity index (χ0) is 20.4. The zero-order valence-electron chi connectivity index (χ0n) is 15.1. The van der Waals surface area contributed by atoms with Crippen LogP contribution in [0, 0.1) is 18.6 Å². The van der Waals surface area contributed by atoms with Crippen molar-refractivity contribution in [3.8, 4) is 0 Å². The van der Waals surface area contributed by atoms with Gasteiger partial charge in [-0.05, 0) is 36.8 Å². The molecule has 0 atom stereocenters. The largest absolute Gasteiger partial charge is 0.465 e. The fourth-order valence-electron chi connectivity index (χ4n) is 2.72. The highest BCUT2D eigenvalue weighted by molar-refractivity contribution is 6.17. The molecule has 0 fully saturated rings. The Morgan fingerprint density at radius 3 is 2.46 bits per heavy atom. The number of amides is 2. The van der Waals surface area contributed by atoms with Crippen molar-refractivity contribution in [3.63, 3.8) is 0 Å². The van der Waals surface area contributed by atoms with E-state index in [9.17, 15) is 23.2 Å². The molecule has 0 saturated heterocycles. The summed E-state index contributed by atoms with van der Waals surface area (Å²) in [5, 5.41) is 2.58. The van der Waals surface area contributed by atoms with Crippen LogP contribution < -0.4 is 5.32 Å². The van der Waals surface area contributed by atoms with Crippen LogP contribution in [0.2, 0.25) is 0 Å². The van der Waals surface area contributed by atoms with E-state index >= 15 is 0 Å². The fourth-order valence-corrected chi connectivity index (χ4v) is 2.72. The Morgan fingerprint density at radius 1 is 1.14 bits per heavy atom. The van der Waals surface area contributed by atoms with Gasteiger partial charge in [0.05, 0.1) is 19.2 Å². The van der Waals surface area contributed by atoms with Crippen molar-refractivity contribution >= 4 is 23.5 Å². The minimum atomic E-state index is -0.767. The first-order valence-corrected chi connectivity index (χ1v) is 8.27. The lowest BCUT2D eigenvalue weighted by Gasteiger charge is -2.16. The molecule has 2 aromatic rings. The van der Waals surface area contributed by atoms with Crippen molar-refractivity contribution in [1.29, 1.82) is 0 Å². The van der Waals surface area contributed by atoms with Crippen molar-refractivity contribution in [2.75, 3.05) is 12.4 Å². The van der Waals surface area contributed by atoms with E-state index < -0.39 is 29.4 Å². The summed E-state index contributed by atoms with van der Waals surface area (Å²) in [6, 6.07) is 8.41. The van der Waals surface area contributed by atoms with E-state index in [1.807, 2.05) is 0 Å². The van der Waals surface area contributed by atoms with Gasteiger partial charge < -0.3 is 10.1 Å². The first-order chi connectivity index (χ1) is 13.3. The molecular formula is C20H16F2N2O4. The number of hydrogen-bond donors (Lipinski definition) is 1. The first-order valence-electron chi connectivity index (χ1n) is 8.27. The average Bonchev–Trinajstić information content (AvgIpc) is 2.93. The lowest BCUT2D eigenvalue weighted by atomic mass is 10.1. The van der Waals surface area contributed by atoms with Crippen LogP contribution in [0.1, 0.15) is 21.5 Å². The molecule has 0 saturated carbocycles. The third-order valence-corrected chi connectivity index (χ3v) is 4.26. The van der Waals surface area contributed by atoms with Crippen LogP contribution >= 0.6 is 0 Å². The van der Waals surface area contributed by atoms with Gasteiger partial charge in [-0.15, -0.1) is 0 Å². The maximum Gasteiger partial charge on any atom is 0.337 e. The number of halogens is 2. The monoisotopic (exact) mass is 386 g/mol. The van der Waals surface area contributed by atoms with Gasteiger partial charge in [-0.25, -0.2) is 13.6 Å². The number of nitrogens with one attached hydrogen (secondary N) is 1. The molecule has 1 N–H and O–H groups in total. The summed E-state index contributed by atoms with van der Waals surface area (Å²) >= 11 is 0. The van der Waals surface area contributed by atoms with Gasteiger partial charge in [0.1, 0.15) is 17.3 Å². The number of rotatable bonds is 5. The second-order valence-electron chi connectivity index (χ2n) is 6.17. The van der Waals surface area contributed by atoms with Crippen molar-refractivity contribution in [3.05, 3.63) is 76.5 Å². The van der Waals surface area contributed by atoms with Crippen LogP contribution in [0.5, 0.6) is 0 Å². The minimum absolute atomic E-state index is 0.0162. The predicted octanol–water partition coefficient (Wildman–Crippen LogP) is 2.92. The number of imide groups is 1. The summed E-state index contributed by atoms with van der Waals surface area (Å²) < 4.78 is 32.0. The first kappa shape index (κ1) is 19.2. The Labute approximate surface area is 159 Å². The molecular weight excluding hydrogens is 370 g/mol. The SMILES string of the molecule is COC(=O)c1cccc(CN2C(=O)C=C(Nc3cc(F)c(C)c(F)c3)C2=O)c1. The van der Waals surface area contributed by atoms with Crippen LogP contribution in [-0.4, -0.2) is 29.8 Å². The molecule has 1 heterocycles. The number of carbonyl (C=O) groups is 3. The van der Waals surface area contributed by atoms with Crippen molar-refractivity contribution in [2.45, 2.75) is 13.5 Å². The number of benzene rings is 2. The molecule has 0 radical (unpaired) electrons. The molecule has 8 heteroatoms. The molecule has 1 aliphatic rings. The summed E-state index contributed by atoms with van der Waals surface area (Å²) in [4.78, 5) is 37.3. The third kappa shape index (κ3) is 3.75. The normalized spacial score (nSPS) is 13.6. The zero-order valence-corrected chi connectivity index (χ0v) is 15.1. The Hall–Kier alpha value is -3.55. The van der Waals surface area contributed by atoms with Crippen LogP contribution in [0.15, 0.2) is 48.2 Å². The van der Waals surface area contributed by atoms with E-state index in [1.54, 1.807) is 18.2 Å². The third-order valence-electron chi connectivity index (χ3n) is 4.26. The summed E-state index contributed by atoms with van der Waals surface area (Å²) in [6.07, 6.45) is 1.06. The standard InChI is InChI=1S/C20H16F2N2O4/c1-11-15(21)7-14(8-16(11)22)23-17-9-18(25)24(19(17)26)10-12-4-3-5-13(6-12)20(27)28-2/h3-9,23H,10H2,1-2H3. The number of methoxy groups -OCH3 is 1. The molecule has 144 valence electrons. The summed E-state index contributed by atoms with van der Waals surface area (Å²) in [7, 11) is 1.25. The van der Waals surface area contributed by atoms with Gasteiger partial charge in [0.15, 0.2) is 0 Å². The molecule has 0 bridgehead atoms. The Morgan fingerprint density at radius 2 is 1.82 bits per heavy atom. The van der Waals surface area contributed by atoms with Gasteiger partial charge in [0.25, 0.3) is 11.8 Å². The lowest BCUT2D eigenvalue weighted by molar-refractivity contribution is -0.137. The summed E-state index contributed by atoms with van der Waals surface area (Å²) in [5.74, 6) is -3.29. The van der Waals surface area contributed by atoms with E-state index in [0.29, 0.717) is 5.56 Å². The molecule has 1 aliphatic heterocycles. The van der Waals surface area contributed by atoms with Crippen LogP contribution in [-0.2, 0) is 20.9 Å². The molecule has 2 amide bonds. The van der Waals surface area contributed by atoms with Crippen molar-refractivity contribution in [2.24, 2.45) is 0 Å². The van der Waals surface area contributed by atoms with Gasteiger partial charge >= 0.3 is 5.97 Å². The fraction of sp³-hybridized carbons (Fsp3) is 0.150. The van der Waals surface area contributed by atoms with Gasteiger partial charge in [0, 0.05) is 17.3 Å². The van der Waals surface area contributed by atoms with E-state index in [4.69, 9.17) is 0 Å². The van der Waals surface area contributed by atoms with Crippen LogP contribution in [0.4, 0.5) is 14.5 Å². The predicted molar refractivity (Wildman–Crippen MR) is 96.1 cm³/mol. The van der Waals surface area contributed by atoms with E-state index in [2.05, 4.69) is 10.1 Å². The van der Waals surface area contributed by atoms with Gasteiger partial charge in [-0.1, -0.05) is 12.1 Å². The highest BCUT2D eigenvalue weighted by atomic mass is 19.1. The van der Waals surface area contributed by atoms with Crippen LogP contribution in [0.25, 0.3) is 0 Å². The Kier molecular flexibility index (Phi) is 5.21. The minimum Gasteiger partial charge on any atom is -0.465 e. The Bertz CT molecular complexity index is 994. The highest BCUT2D eigenvalue weighted by Gasteiger charge is 2.31. The molecule has 0 aliphatic carbocycles. The number of esters is 1. The summed E-state index contributed by atoms with van der Waals surface area (Å²) in [6.45, 7) is 1.23. The van der Waals surface area contributed by atoms with Crippen molar-refractivity contribution in [1.82, 2.24) is 4.90 Å². The molecule has 0 spiro atoms. The molecule has 28 heavy (non-hydrogen) atoms. The lowest BCUT2D eigenvalue weighted by Crippen LogP contribution is -2.31. The quantitative estimate of drug-likeness (QED) is 0.632. The van der Waals surface area contributed by atoms with E-state index in [1.165, 1.54) is 20.1 Å². The smallest absolute Gasteiger partial charge is 0.337 e. The topological polar surface area (TPSA) is 75.7 Å². The number of carbonyl (C=O) groups excluding carboxylic acids is 3. The maximum absolute atomic E-state index is 13.7. The van der Waals surface area contributed by atoms with Gasteiger partial charge in [-0.2, -0.15) is 0 Å². The molecule has 0 unspecified atom stereocenters. The maximum atomic E-state index is 13.7. The number of nitrogens with zero attached hydrogens (tertiary/aromatic N) is 1. The molecule has 3 rings (SSSR count). The van der Waals surface area contributed by atoms with E-state index in [-0.39, 0.29) is 29.1 Å². The number of hydrogen-bond acceptors (Lipinski definition) is 5. The van der Waals surface area contributed by atoms with E-state index in [0.717, 1.165) is 23.1 Å². The highest BCUT2D eigenvalue weighted by Crippen LogP contribution is 2.23. The second-order valence-corrected chi connectivity index (χ2v) is 6.17. The second kappa shape index (κ2) is 7.59. The molecule has 2 aromatic carbocycles. The number of ether oxygens (including phenoxy) is 1. The number of anilines is 1.